The number of nitrogens with zero attached hydrogens (tertiary/aromatic N) is 2. The molecule has 1 rings (SSSR count). The third kappa shape index (κ3) is 2.28. The lowest BCUT2D eigenvalue weighted by molar-refractivity contribution is 0.0822. The van der Waals surface area contributed by atoms with Gasteiger partial charge in [-0.3, -0.25) is 4.79 Å². The van der Waals surface area contributed by atoms with Crippen molar-refractivity contribution in [3.63, 3.8) is 0 Å². The number of hydrogen-bond acceptors (Lipinski definition) is 2. The van der Waals surface area contributed by atoms with Gasteiger partial charge in [0.15, 0.2) is 0 Å². The summed E-state index contributed by atoms with van der Waals surface area (Å²) >= 11 is 3.33. The minimum Gasteiger partial charge on any atom is -0.343 e. The van der Waals surface area contributed by atoms with Gasteiger partial charge in [-0.15, -0.1) is 0 Å². The molecule has 0 saturated heterocycles. The molecule has 0 unspecified atom stereocenters. The Hall–Kier alpha value is -0.900. The van der Waals surface area contributed by atoms with Gasteiger partial charge in [0.05, 0.1) is 0 Å². The van der Waals surface area contributed by atoms with Crippen molar-refractivity contribution in [3.05, 3.63) is 28.0 Å². The van der Waals surface area contributed by atoms with Crippen molar-refractivity contribution < 1.29 is 4.79 Å². The Labute approximate surface area is 85.9 Å². The summed E-state index contributed by atoms with van der Waals surface area (Å²) in [6, 6.07) is 1.77. The highest BCUT2D eigenvalue weighted by Crippen LogP contribution is 2.15. The van der Waals surface area contributed by atoms with Gasteiger partial charge in [-0.2, -0.15) is 0 Å². The molecule has 1 heterocycles. The first kappa shape index (κ1) is 10.2. The molecule has 0 bridgehead atoms. The van der Waals surface area contributed by atoms with E-state index in [2.05, 4.69) is 20.9 Å². The molecule has 0 spiro atoms. The standard InChI is InChI=1S/C9H11BrN2O/c1-6-4-8(9(13)12(2)3)11-5-7(6)10/h4-5H,1-3H3. The van der Waals surface area contributed by atoms with Gasteiger partial charge in [0, 0.05) is 24.8 Å². The fraction of sp³-hybridized carbons (Fsp3) is 0.333. The summed E-state index contributed by atoms with van der Waals surface area (Å²) in [5, 5.41) is 0. The van der Waals surface area contributed by atoms with Crippen molar-refractivity contribution in [2.24, 2.45) is 0 Å². The summed E-state index contributed by atoms with van der Waals surface area (Å²) < 4.78 is 0.919. The molecule has 4 heteroatoms. The van der Waals surface area contributed by atoms with E-state index in [0.717, 1.165) is 10.0 Å². The van der Waals surface area contributed by atoms with Crippen LogP contribution in [0.1, 0.15) is 16.1 Å². The molecule has 0 radical (unpaired) electrons. The highest BCUT2D eigenvalue weighted by molar-refractivity contribution is 9.10. The molecule has 0 aliphatic rings. The van der Waals surface area contributed by atoms with Crippen LogP contribution >= 0.6 is 15.9 Å². The fourth-order valence-corrected chi connectivity index (χ4v) is 1.10. The maximum absolute atomic E-state index is 11.5. The van der Waals surface area contributed by atoms with Gasteiger partial charge in [-0.25, -0.2) is 4.98 Å². The number of aromatic nitrogens is 1. The number of halogens is 1. The van der Waals surface area contributed by atoms with E-state index in [-0.39, 0.29) is 5.91 Å². The topological polar surface area (TPSA) is 33.2 Å². The Morgan fingerprint density at radius 1 is 1.54 bits per heavy atom. The summed E-state index contributed by atoms with van der Waals surface area (Å²) in [4.78, 5) is 17.0. The second kappa shape index (κ2) is 3.87. The summed E-state index contributed by atoms with van der Waals surface area (Å²) in [6.45, 7) is 1.93. The van der Waals surface area contributed by atoms with E-state index in [9.17, 15) is 4.79 Å². The maximum Gasteiger partial charge on any atom is 0.271 e. The molecule has 3 nitrogen and oxygen atoms in total. The van der Waals surface area contributed by atoms with E-state index in [1.54, 1.807) is 26.4 Å². The number of carbonyl (C=O) groups is 1. The Kier molecular flexibility index (Phi) is 3.03. The lowest BCUT2D eigenvalue weighted by Gasteiger charge is -2.09. The molecule has 13 heavy (non-hydrogen) atoms. The number of aryl methyl sites for hydroxylation is 1. The van der Waals surface area contributed by atoms with Crippen molar-refractivity contribution in [3.8, 4) is 0 Å². The second-order valence-electron chi connectivity index (χ2n) is 3.02. The lowest BCUT2D eigenvalue weighted by atomic mass is 10.2. The number of rotatable bonds is 1. The predicted molar refractivity (Wildman–Crippen MR) is 54.7 cm³/mol. The van der Waals surface area contributed by atoms with Crippen LogP contribution in [0, 0.1) is 6.92 Å². The van der Waals surface area contributed by atoms with Gasteiger partial charge >= 0.3 is 0 Å². The minimum atomic E-state index is -0.0735. The van der Waals surface area contributed by atoms with Crippen LogP contribution in [-0.2, 0) is 0 Å². The Morgan fingerprint density at radius 2 is 2.15 bits per heavy atom. The number of hydrogen-bond donors (Lipinski definition) is 0. The molecule has 0 fully saturated rings. The molecule has 1 amide bonds. The first-order valence-electron chi connectivity index (χ1n) is 3.86. The first-order valence-corrected chi connectivity index (χ1v) is 4.65. The van der Waals surface area contributed by atoms with Crippen LogP contribution in [0.2, 0.25) is 0 Å². The summed E-state index contributed by atoms with van der Waals surface area (Å²) in [7, 11) is 3.42. The Bertz CT molecular complexity index is 336. The number of amides is 1. The molecule has 70 valence electrons. The summed E-state index contributed by atoms with van der Waals surface area (Å²) in [5.74, 6) is -0.0735. The van der Waals surface area contributed by atoms with E-state index in [0.29, 0.717) is 5.69 Å². The first-order chi connectivity index (χ1) is 6.02. The van der Waals surface area contributed by atoms with Crippen LogP contribution in [0.5, 0.6) is 0 Å². The zero-order valence-electron chi connectivity index (χ0n) is 7.84. The van der Waals surface area contributed by atoms with Crippen molar-refractivity contribution in [2.45, 2.75) is 6.92 Å². The largest absolute Gasteiger partial charge is 0.343 e. The van der Waals surface area contributed by atoms with Crippen LogP contribution < -0.4 is 0 Å². The lowest BCUT2D eigenvalue weighted by Crippen LogP contribution is -2.22. The zero-order valence-corrected chi connectivity index (χ0v) is 9.42. The van der Waals surface area contributed by atoms with Gasteiger partial charge in [-0.05, 0) is 34.5 Å². The molecule has 0 N–H and O–H groups in total. The molecule has 1 aromatic heterocycles. The predicted octanol–water partition coefficient (Wildman–Crippen LogP) is 1.85. The zero-order chi connectivity index (χ0) is 10.0. The van der Waals surface area contributed by atoms with E-state index in [4.69, 9.17) is 0 Å². The highest BCUT2D eigenvalue weighted by atomic mass is 79.9. The molecule has 0 aliphatic carbocycles. The number of pyridine rings is 1. The van der Waals surface area contributed by atoms with E-state index in [1.807, 2.05) is 6.92 Å². The highest BCUT2D eigenvalue weighted by Gasteiger charge is 2.09. The van der Waals surface area contributed by atoms with Crippen molar-refractivity contribution in [1.82, 2.24) is 9.88 Å². The van der Waals surface area contributed by atoms with Crippen LogP contribution in [0.4, 0.5) is 0 Å². The van der Waals surface area contributed by atoms with E-state index in [1.165, 1.54) is 4.90 Å². The second-order valence-corrected chi connectivity index (χ2v) is 3.87. The molecule has 0 aliphatic heterocycles. The van der Waals surface area contributed by atoms with Crippen LogP contribution in [0.3, 0.4) is 0 Å². The molecule has 0 saturated carbocycles. The minimum absolute atomic E-state index is 0.0735. The van der Waals surface area contributed by atoms with Crippen molar-refractivity contribution in [1.29, 1.82) is 0 Å². The molecule has 0 atom stereocenters. The average molecular weight is 243 g/mol. The third-order valence-electron chi connectivity index (χ3n) is 1.67. The monoisotopic (exact) mass is 242 g/mol. The third-order valence-corrected chi connectivity index (χ3v) is 2.50. The van der Waals surface area contributed by atoms with E-state index >= 15 is 0 Å². The van der Waals surface area contributed by atoms with Crippen LogP contribution in [0.15, 0.2) is 16.7 Å². The van der Waals surface area contributed by atoms with Gasteiger partial charge in [0.25, 0.3) is 5.91 Å². The SMILES string of the molecule is Cc1cc(C(=O)N(C)C)ncc1Br. The maximum atomic E-state index is 11.5. The van der Waals surface area contributed by atoms with Gasteiger partial charge < -0.3 is 4.90 Å². The quantitative estimate of drug-likeness (QED) is 0.754. The summed E-state index contributed by atoms with van der Waals surface area (Å²) in [6.07, 6.45) is 1.64. The van der Waals surface area contributed by atoms with Crippen LogP contribution in [0.25, 0.3) is 0 Å². The van der Waals surface area contributed by atoms with Gasteiger partial charge in [0.2, 0.25) is 0 Å². The Morgan fingerprint density at radius 3 is 2.62 bits per heavy atom. The van der Waals surface area contributed by atoms with Crippen LogP contribution in [-0.4, -0.2) is 29.9 Å². The molecule has 0 aromatic carbocycles. The normalized spacial score (nSPS) is 9.85. The molecular weight excluding hydrogens is 232 g/mol. The number of carbonyl (C=O) groups excluding carboxylic acids is 1. The smallest absolute Gasteiger partial charge is 0.271 e. The van der Waals surface area contributed by atoms with Gasteiger partial charge in [0.1, 0.15) is 5.69 Å². The molecule has 1 aromatic rings. The molecular formula is C9H11BrN2O. The fourth-order valence-electron chi connectivity index (χ4n) is 0.885. The summed E-state index contributed by atoms with van der Waals surface area (Å²) in [5.41, 5.74) is 1.49. The van der Waals surface area contributed by atoms with Crippen molar-refractivity contribution >= 4 is 21.8 Å². The average Bonchev–Trinajstić information content (AvgIpc) is 2.08. The van der Waals surface area contributed by atoms with Crippen molar-refractivity contribution in [2.75, 3.05) is 14.1 Å². The Balaban J connectivity index is 3.04. The van der Waals surface area contributed by atoms with E-state index < -0.39 is 0 Å². The van der Waals surface area contributed by atoms with Gasteiger partial charge in [-0.1, -0.05) is 0 Å².